The number of aromatic nitrogens is 5. The highest BCUT2D eigenvalue weighted by Crippen LogP contribution is 2.38. The maximum Gasteiger partial charge on any atom is 0.160 e. The summed E-state index contributed by atoms with van der Waals surface area (Å²) in [6.45, 7) is 6.22. The lowest BCUT2D eigenvalue weighted by molar-refractivity contribution is 0.122. The summed E-state index contributed by atoms with van der Waals surface area (Å²) in [5.41, 5.74) is 2.84. The maximum absolute atomic E-state index is 6.37. The van der Waals surface area contributed by atoms with E-state index in [1.165, 1.54) is 6.42 Å². The molecule has 3 fully saturated rings. The molecule has 0 N–H and O–H groups in total. The Morgan fingerprint density at radius 2 is 1.78 bits per heavy atom. The number of hydrogen-bond acceptors (Lipinski definition) is 8. The quantitative estimate of drug-likeness (QED) is 0.411. The summed E-state index contributed by atoms with van der Waals surface area (Å²) >= 11 is 6.37. The largest absolute Gasteiger partial charge is 0.378 e. The number of benzene rings is 1. The molecule has 1 aromatic carbocycles. The van der Waals surface area contributed by atoms with E-state index in [2.05, 4.69) is 31.8 Å². The number of piperidine rings is 1. The minimum absolute atomic E-state index is 0.113. The van der Waals surface area contributed by atoms with Crippen LogP contribution >= 0.6 is 11.6 Å². The lowest BCUT2D eigenvalue weighted by Gasteiger charge is -2.36. The molecule has 7 rings (SSSR count). The van der Waals surface area contributed by atoms with Gasteiger partial charge in [0, 0.05) is 55.3 Å². The average Bonchev–Trinajstić information content (AvgIpc) is 3.31. The summed E-state index contributed by atoms with van der Waals surface area (Å²) in [6.07, 6.45) is 6.16. The first-order chi connectivity index (χ1) is 17.7. The molecule has 1 atom stereocenters. The summed E-state index contributed by atoms with van der Waals surface area (Å²) in [5, 5.41) is 6.84. The van der Waals surface area contributed by atoms with Gasteiger partial charge in [0.1, 0.15) is 23.8 Å². The standard InChI is InChI=1S/C26H29ClN8O/c27-18-5-6-20-19(14-18)26(29-17-28-20)34-9-2-1-4-22(34)21-15-24-30-23(32-7-3-8-32)16-25(35(24)31-21)33-10-12-36-13-11-33/h5-6,14-17,22H,1-4,7-13H2/t22-/m0/s1. The normalized spacial score (nSPS) is 20.8. The van der Waals surface area contributed by atoms with Gasteiger partial charge in [-0.15, -0.1) is 0 Å². The smallest absolute Gasteiger partial charge is 0.160 e. The van der Waals surface area contributed by atoms with Crippen LogP contribution in [0.1, 0.15) is 37.4 Å². The van der Waals surface area contributed by atoms with Crippen molar-refractivity contribution in [2.24, 2.45) is 0 Å². The Labute approximate surface area is 214 Å². The van der Waals surface area contributed by atoms with E-state index in [9.17, 15) is 0 Å². The minimum atomic E-state index is 0.113. The van der Waals surface area contributed by atoms with Gasteiger partial charge in [-0.05, 0) is 43.9 Å². The molecule has 3 aliphatic heterocycles. The number of rotatable bonds is 4. The Morgan fingerprint density at radius 3 is 2.61 bits per heavy atom. The first kappa shape index (κ1) is 22.1. The molecule has 10 heteroatoms. The summed E-state index contributed by atoms with van der Waals surface area (Å²) in [6, 6.07) is 10.3. The van der Waals surface area contributed by atoms with Crippen LogP contribution in [0, 0.1) is 0 Å². The van der Waals surface area contributed by atoms with Crippen molar-refractivity contribution >= 4 is 45.6 Å². The number of morpholine rings is 1. The molecule has 3 saturated heterocycles. The second kappa shape index (κ2) is 9.05. The third-order valence-corrected chi connectivity index (χ3v) is 7.86. The Balaban J connectivity index is 1.33. The molecular weight excluding hydrogens is 476 g/mol. The van der Waals surface area contributed by atoms with Gasteiger partial charge in [0.15, 0.2) is 5.65 Å². The van der Waals surface area contributed by atoms with Crippen molar-refractivity contribution in [1.29, 1.82) is 0 Å². The van der Waals surface area contributed by atoms with Crippen LogP contribution in [-0.4, -0.2) is 70.5 Å². The first-order valence-corrected chi connectivity index (χ1v) is 13.3. The van der Waals surface area contributed by atoms with Crippen molar-refractivity contribution < 1.29 is 4.74 Å². The third-order valence-electron chi connectivity index (χ3n) is 7.62. The predicted octanol–water partition coefficient (Wildman–Crippen LogP) is 4.10. The van der Waals surface area contributed by atoms with Crippen LogP contribution in [0.25, 0.3) is 16.6 Å². The van der Waals surface area contributed by atoms with Crippen LogP contribution < -0.4 is 14.7 Å². The topological polar surface area (TPSA) is 74.9 Å². The van der Waals surface area contributed by atoms with Gasteiger partial charge >= 0.3 is 0 Å². The first-order valence-electron chi connectivity index (χ1n) is 12.9. The summed E-state index contributed by atoms with van der Waals surface area (Å²) in [4.78, 5) is 21.3. The Bertz CT molecular complexity index is 1410. The molecule has 3 aromatic heterocycles. The van der Waals surface area contributed by atoms with Gasteiger partial charge in [-0.1, -0.05) is 11.6 Å². The fourth-order valence-corrected chi connectivity index (χ4v) is 5.76. The highest BCUT2D eigenvalue weighted by Gasteiger charge is 2.30. The zero-order valence-electron chi connectivity index (χ0n) is 20.2. The monoisotopic (exact) mass is 504 g/mol. The minimum Gasteiger partial charge on any atom is -0.378 e. The highest BCUT2D eigenvalue weighted by atomic mass is 35.5. The highest BCUT2D eigenvalue weighted by molar-refractivity contribution is 6.31. The van der Waals surface area contributed by atoms with Crippen LogP contribution in [0.4, 0.5) is 17.5 Å². The van der Waals surface area contributed by atoms with Gasteiger partial charge in [0.05, 0.1) is 30.5 Å². The Morgan fingerprint density at radius 1 is 0.889 bits per heavy atom. The second-order valence-electron chi connectivity index (χ2n) is 9.82. The van der Waals surface area contributed by atoms with Crippen molar-refractivity contribution in [2.75, 3.05) is 60.6 Å². The molecule has 9 nitrogen and oxygen atoms in total. The van der Waals surface area contributed by atoms with Crippen molar-refractivity contribution in [3.8, 4) is 0 Å². The van der Waals surface area contributed by atoms with Gasteiger partial charge in [-0.3, -0.25) is 0 Å². The van der Waals surface area contributed by atoms with Gasteiger partial charge in [0.25, 0.3) is 0 Å². The molecule has 6 heterocycles. The van der Waals surface area contributed by atoms with Crippen molar-refractivity contribution in [3.05, 3.63) is 47.4 Å². The fourth-order valence-electron chi connectivity index (χ4n) is 5.59. The molecule has 36 heavy (non-hydrogen) atoms. The molecule has 0 unspecified atom stereocenters. The van der Waals surface area contributed by atoms with Crippen LogP contribution in [0.3, 0.4) is 0 Å². The SMILES string of the molecule is Clc1ccc2ncnc(N3CCCC[C@H]3c3cc4nc(N5CCC5)cc(N5CCOCC5)n4n3)c2c1. The lowest BCUT2D eigenvalue weighted by atomic mass is 9.99. The molecule has 186 valence electrons. The number of hydrogen-bond donors (Lipinski definition) is 0. The molecule has 0 bridgehead atoms. The number of anilines is 3. The molecular formula is C26H29ClN8O. The lowest BCUT2D eigenvalue weighted by Crippen LogP contribution is -2.40. The molecule has 4 aromatic rings. The van der Waals surface area contributed by atoms with E-state index in [1.54, 1.807) is 6.33 Å². The van der Waals surface area contributed by atoms with Gasteiger partial charge in [0.2, 0.25) is 0 Å². The van der Waals surface area contributed by atoms with Gasteiger partial charge in [-0.2, -0.15) is 9.61 Å². The van der Waals surface area contributed by atoms with E-state index in [0.29, 0.717) is 5.02 Å². The summed E-state index contributed by atoms with van der Waals surface area (Å²) < 4.78 is 7.66. The Kier molecular flexibility index (Phi) is 5.54. The van der Waals surface area contributed by atoms with Crippen LogP contribution in [0.5, 0.6) is 0 Å². The van der Waals surface area contributed by atoms with E-state index in [0.717, 1.165) is 105 Å². The van der Waals surface area contributed by atoms with Crippen LogP contribution in [-0.2, 0) is 4.74 Å². The number of fused-ring (bicyclic) bond motifs is 2. The van der Waals surface area contributed by atoms with Gasteiger partial charge < -0.3 is 19.4 Å². The summed E-state index contributed by atoms with van der Waals surface area (Å²) in [7, 11) is 0. The van der Waals surface area contributed by atoms with E-state index in [1.807, 2.05) is 22.7 Å². The number of nitrogens with zero attached hydrogens (tertiary/aromatic N) is 8. The van der Waals surface area contributed by atoms with Crippen molar-refractivity contribution in [3.63, 3.8) is 0 Å². The molecule has 0 aliphatic carbocycles. The Hall–Kier alpha value is -3.17. The summed E-state index contributed by atoms with van der Waals surface area (Å²) in [5.74, 6) is 3.06. The van der Waals surface area contributed by atoms with E-state index in [-0.39, 0.29) is 6.04 Å². The molecule has 0 radical (unpaired) electrons. The van der Waals surface area contributed by atoms with Crippen molar-refractivity contribution in [1.82, 2.24) is 24.6 Å². The zero-order chi connectivity index (χ0) is 24.1. The predicted molar refractivity (Wildman–Crippen MR) is 141 cm³/mol. The van der Waals surface area contributed by atoms with E-state index in [4.69, 9.17) is 31.4 Å². The molecule has 3 aliphatic rings. The number of ether oxygens (including phenoxy) is 1. The van der Waals surface area contributed by atoms with Crippen LogP contribution in [0.2, 0.25) is 5.02 Å². The van der Waals surface area contributed by atoms with Gasteiger partial charge in [-0.25, -0.2) is 15.0 Å². The maximum atomic E-state index is 6.37. The van der Waals surface area contributed by atoms with E-state index < -0.39 is 0 Å². The van der Waals surface area contributed by atoms with Crippen molar-refractivity contribution in [2.45, 2.75) is 31.7 Å². The molecule has 0 amide bonds. The molecule has 0 spiro atoms. The number of halogens is 1. The average molecular weight is 505 g/mol. The second-order valence-corrected chi connectivity index (χ2v) is 10.3. The third kappa shape index (κ3) is 3.81. The fraction of sp³-hybridized carbons (Fsp3) is 0.462. The molecule has 0 saturated carbocycles. The van der Waals surface area contributed by atoms with E-state index >= 15 is 0 Å². The van der Waals surface area contributed by atoms with Crippen LogP contribution in [0.15, 0.2) is 36.7 Å². The zero-order valence-corrected chi connectivity index (χ0v) is 20.9.